The third kappa shape index (κ3) is 4.77. The molecule has 0 bridgehead atoms. The molecule has 0 N–H and O–H groups in total. The van der Waals surface area contributed by atoms with Crippen LogP contribution in [0.25, 0.3) is 0 Å². The summed E-state index contributed by atoms with van der Waals surface area (Å²) in [6, 6.07) is 12.4. The Kier molecular flexibility index (Phi) is 5.69. The summed E-state index contributed by atoms with van der Waals surface area (Å²) in [4.78, 5) is 13.6. The predicted molar refractivity (Wildman–Crippen MR) is 110 cm³/mol. The summed E-state index contributed by atoms with van der Waals surface area (Å²) in [6.45, 7) is 6.93. The van der Waals surface area contributed by atoms with Crippen molar-refractivity contribution < 1.29 is 8.42 Å². The zero-order valence-corrected chi connectivity index (χ0v) is 17.3. The van der Waals surface area contributed by atoms with Gasteiger partial charge in [-0.2, -0.15) is 4.98 Å². The van der Waals surface area contributed by atoms with Gasteiger partial charge in [-0.05, 0) is 32.8 Å². The van der Waals surface area contributed by atoms with Gasteiger partial charge in [0.1, 0.15) is 5.82 Å². The summed E-state index contributed by atoms with van der Waals surface area (Å²) in [6.07, 6.45) is 0.648. The van der Waals surface area contributed by atoms with Crippen molar-refractivity contribution in [3.63, 3.8) is 0 Å². The molecule has 1 aromatic heterocycles. The minimum absolute atomic E-state index is 0.0289. The second-order valence-corrected chi connectivity index (χ2v) is 9.77. The molecule has 7 heteroatoms. The Morgan fingerprint density at radius 2 is 1.89 bits per heavy atom. The van der Waals surface area contributed by atoms with Crippen LogP contribution < -0.4 is 9.80 Å². The number of hydrogen-bond acceptors (Lipinski definition) is 6. The quantitative estimate of drug-likeness (QED) is 0.758. The fourth-order valence-electron chi connectivity index (χ4n) is 3.38. The molecule has 146 valence electrons. The molecule has 0 saturated carbocycles. The van der Waals surface area contributed by atoms with Gasteiger partial charge >= 0.3 is 0 Å². The number of hydrogen-bond donors (Lipinski definition) is 0. The van der Waals surface area contributed by atoms with E-state index in [0.717, 1.165) is 18.1 Å². The van der Waals surface area contributed by atoms with Gasteiger partial charge in [0, 0.05) is 37.4 Å². The first kappa shape index (κ1) is 19.6. The van der Waals surface area contributed by atoms with Gasteiger partial charge in [0.25, 0.3) is 0 Å². The van der Waals surface area contributed by atoms with Crippen molar-refractivity contribution >= 4 is 21.6 Å². The van der Waals surface area contributed by atoms with E-state index in [2.05, 4.69) is 35.9 Å². The topological polar surface area (TPSA) is 66.4 Å². The highest BCUT2D eigenvalue weighted by atomic mass is 32.2. The molecule has 1 atom stereocenters. The second kappa shape index (κ2) is 7.84. The zero-order chi connectivity index (χ0) is 19.6. The molecule has 0 aliphatic carbocycles. The fourth-order valence-corrected chi connectivity index (χ4v) is 5.15. The van der Waals surface area contributed by atoms with Crippen LogP contribution in [-0.2, 0) is 16.4 Å². The van der Waals surface area contributed by atoms with Crippen LogP contribution in [0.4, 0.5) is 11.8 Å². The Bertz CT molecular complexity index is 884. The van der Waals surface area contributed by atoms with Gasteiger partial charge in [-0.15, -0.1) is 0 Å². The molecule has 27 heavy (non-hydrogen) atoms. The summed E-state index contributed by atoms with van der Waals surface area (Å²) in [5.74, 6) is 1.90. The van der Waals surface area contributed by atoms with E-state index < -0.39 is 9.84 Å². The minimum Gasteiger partial charge on any atom is -0.355 e. The summed E-state index contributed by atoms with van der Waals surface area (Å²) in [5.41, 5.74) is 2.08. The van der Waals surface area contributed by atoms with Crippen LogP contribution in [0.2, 0.25) is 0 Å². The highest BCUT2D eigenvalue weighted by Crippen LogP contribution is 2.25. The summed E-state index contributed by atoms with van der Waals surface area (Å²) < 4.78 is 23.7. The molecular formula is C20H28N4O2S. The molecule has 0 spiro atoms. The minimum atomic E-state index is -2.93. The Balaban J connectivity index is 1.88. The van der Waals surface area contributed by atoms with Crippen molar-refractivity contribution in [3.8, 4) is 0 Å². The number of aromatic nitrogens is 2. The highest BCUT2D eigenvalue weighted by Gasteiger charge is 2.31. The third-order valence-electron chi connectivity index (χ3n) is 5.02. The van der Waals surface area contributed by atoms with Crippen LogP contribution >= 0.6 is 0 Å². The molecule has 1 aliphatic heterocycles. The molecule has 2 heterocycles. The van der Waals surface area contributed by atoms with Gasteiger partial charge in [-0.3, -0.25) is 0 Å². The van der Waals surface area contributed by atoms with Crippen molar-refractivity contribution in [1.82, 2.24) is 9.97 Å². The Labute approximate surface area is 162 Å². The summed E-state index contributed by atoms with van der Waals surface area (Å²) in [5, 5.41) is 0. The Morgan fingerprint density at radius 1 is 1.19 bits per heavy atom. The summed E-state index contributed by atoms with van der Waals surface area (Å²) >= 11 is 0. The molecule has 6 nitrogen and oxygen atoms in total. The predicted octanol–water partition coefficient (Wildman–Crippen LogP) is 2.82. The first-order valence-corrected chi connectivity index (χ1v) is 11.2. The highest BCUT2D eigenvalue weighted by molar-refractivity contribution is 7.91. The van der Waals surface area contributed by atoms with E-state index >= 15 is 0 Å². The number of sulfone groups is 1. The van der Waals surface area contributed by atoms with E-state index in [1.807, 2.05) is 43.1 Å². The Morgan fingerprint density at radius 3 is 2.48 bits per heavy atom. The van der Waals surface area contributed by atoms with Gasteiger partial charge in [0.2, 0.25) is 5.95 Å². The molecular weight excluding hydrogens is 360 g/mol. The molecule has 1 fully saturated rings. The molecule has 0 radical (unpaired) electrons. The lowest BCUT2D eigenvalue weighted by Gasteiger charge is -2.30. The largest absolute Gasteiger partial charge is 0.355 e. The molecule has 2 aromatic rings. The summed E-state index contributed by atoms with van der Waals surface area (Å²) in [7, 11) is -1.01. The van der Waals surface area contributed by atoms with E-state index in [1.54, 1.807) is 0 Å². The number of aryl methyl sites for hydroxylation is 1. The maximum absolute atomic E-state index is 11.8. The number of nitrogens with zero attached hydrogens (tertiary/aromatic N) is 4. The zero-order valence-electron chi connectivity index (χ0n) is 16.5. The van der Waals surface area contributed by atoms with Crippen molar-refractivity contribution in [1.29, 1.82) is 0 Å². The maximum atomic E-state index is 11.8. The molecule has 1 aliphatic rings. The third-order valence-corrected chi connectivity index (χ3v) is 6.77. The molecule has 3 rings (SSSR count). The van der Waals surface area contributed by atoms with Gasteiger partial charge in [-0.25, -0.2) is 13.4 Å². The lowest BCUT2D eigenvalue weighted by Crippen LogP contribution is -2.35. The van der Waals surface area contributed by atoms with Gasteiger partial charge in [0.05, 0.1) is 11.5 Å². The standard InChI is InChI=1S/C20H28N4O2S/c1-15(2)24(13-17-8-6-5-7-9-17)20-21-16(3)12-19(22-20)23(4)18-10-11-27(25,26)14-18/h5-9,12,15,18H,10-11,13-14H2,1-4H3. The average molecular weight is 389 g/mol. The maximum Gasteiger partial charge on any atom is 0.228 e. The normalized spacial score (nSPS) is 18.6. The van der Waals surface area contributed by atoms with Crippen LogP contribution in [-0.4, -0.2) is 49.0 Å². The van der Waals surface area contributed by atoms with E-state index in [-0.39, 0.29) is 23.6 Å². The number of anilines is 2. The lowest BCUT2D eigenvalue weighted by molar-refractivity contribution is 0.600. The first-order chi connectivity index (χ1) is 12.7. The molecule has 1 unspecified atom stereocenters. The monoisotopic (exact) mass is 388 g/mol. The molecule has 0 amide bonds. The lowest BCUT2D eigenvalue weighted by atomic mass is 10.2. The van der Waals surface area contributed by atoms with Crippen molar-refractivity contribution in [2.75, 3.05) is 28.4 Å². The fraction of sp³-hybridized carbons (Fsp3) is 0.500. The van der Waals surface area contributed by atoms with E-state index in [9.17, 15) is 8.42 Å². The molecule has 1 saturated heterocycles. The van der Waals surface area contributed by atoms with E-state index in [1.165, 1.54) is 5.56 Å². The SMILES string of the molecule is Cc1cc(N(C)C2CCS(=O)(=O)C2)nc(N(Cc2ccccc2)C(C)C)n1. The van der Waals surface area contributed by atoms with Crippen LogP contribution in [0.3, 0.4) is 0 Å². The van der Waals surface area contributed by atoms with Gasteiger partial charge in [0.15, 0.2) is 9.84 Å². The number of rotatable bonds is 6. The van der Waals surface area contributed by atoms with Gasteiger partial charge < -0.3 is 9.80 Å². The second-order valence-electron chi connectivity index (χ2n) is 7.54. The van der Waals surface area contributed by atoms with Crippen molar-refractivity contribution in [2.24, 2.45) is 0 Å². The van der Waals surface area contributed by atoms with Crippen molar-refractivity contribution in [2.45, 2.75) is 45.8 Å². The number of benzene rings is 1. The van der Waals surface area contributed by atoms with E-state index in [4.69, 9.17) is 4.98 Å². The van der Waals surface area contributed by atoms with E-state index in [0.29, 0.717) is 12.4 Å². The van der Waals surface area contributed by atoms with Crippen LogP contribution in [0.1, 0.15) is 31.5 Å². The first-order valence-electron chi connectivity index (χ1n) is 9.34. The van der Waals surface area contributed by atoms with Crippen LogP contribution in [0.15, 0.2) is 36.4 Å². The van der Waals surface area contributed by atoms with Crippen LogP contribution in [0.5, 0.6) is 0 Å². The van der Waals surface area contributed by atoms with Crippen molar-refractivity contribution in [3.05, 3.63) is 47.7 Å². The smallest absolute Gasteiger partial charge is 0.228 e. The average Bonchev–Trinajstić information content (AvgIpc) is 2.99. The van der Waals surface area contributed by atoms with Crippen LogP contribution in [0, 0.1) is 6.92 Å². The molecule has 1 aromatic carbocycles. The van der Waals surface area contributed by atoms with Gasteiger partial charge in [-0.1, -0.05) is 30.3 Å². The Hall–Kier alpha value is -2.15.